The highest BCUT2D eigenvalue weighted by Crippen LogP contribution is 2.19. The number of rotatable bonds is 2. The second kappa shape index (κ2) is 3.05. The fourth-order valence-electron chi connectivity index (χ4n) is 1.42. The lowest BCUT2D eigenvalue weighted by molar-refractivity contribution is -0.127. The van der Waals surface area contributed by atoms with Gasteiger partial charge in [0.2, 0.25) is 5.91 Å². The zero-order chi connectivity index (χ0) is 8.43. The normalized spacial score (nSPS) is 24.8. The minimum absolute atomic E-state index is 0.179. The van der Waals surface area contributed by atoms with Gasteiger partial charge in [-0.1, -0.05) is 6.58 Å². The molecule has 11 heavy (non-hydrogen) atoms. The molecule has 0 aromatic rings. The Labute approximate surface area is 67.3 Å². The number of likely N-dealkylation sites (tertiary alicyclic amines) is 1. The second-order valence-electron chi connectivity index (χ2n) is 2.97. The standard InChI is InChI=1S/C8H14N2O/c1-4-10-7(9(2)3)5-6-8(10)11/h4,7H,1,5-6H2,2-3H3. The van der Waals surface area contributed by atoms with Crippen molar-refractivity contribution in [2.45, 2.75) is 19.0 Å². The van der Waals surface area contributed by atoms with Crippen LogP contribution >= 0.6 is 0 Å². The molecule has 0 aromatic heterocycles. The molecule has 1 unspecified atom stereocenters. The molecule has 1 atom stereocenters. The molecule has 1 fully saturated rings. The fraction of sp³-hybridized carbons (Fsp3) is 0.625. The summed E-state index contributed by atoms with van der Waals surface area (Å²) in [6.07, 6.45) is 3.40. The van der Waals surface area contributed by atoms with Gasteiger partial charge in [-0.15, -0.1) is 0 Å². The SMILES string of the molecule is C=CN1C(=O)CCC1N(C)C. The first-order valence-corrected chi connectivity index (χ1v) is 3.77. The number of amides is 1. The maximum Gasteiger partial charge on any atom is 0.227 e. The summed E-state index contributed by atoms with van der Waals surface area (Å²) in [5.41, 5.74) is 0. The van der Waals surface area contributed by atoms with Crippen molar-refractivity contribution in [3.8, 4) is 0 Å². The van der Waals surface area contributed by atoms with Crippen molar-refractivity contribution in [3.05, 3.63) is 12.8 Å². The number of carbonyl (C=O) groups is 1. The molecule has 0 bridgehead atoms. The Morgan fingerprint density at radius 1 is 1.73 bits per heavy atom. The molecule has 3 nitrogen and oxygen atoms in total. The quantitative estimate of drug-likeness (QED) is 0.582. The second-order valence-corrected chi connectivity index (χ2v) is 2.97. The lowest BCUT2D eigenvalue weighted by Crippen LogP contribution is -2.38. The van der Waals surface area contributed by atoms with Gasteiger partial charge in [-0.05, 0) is 20.5 Å². The molecule has 1 amide bonds. The summed E-state index contributed by atoms with van der Waals surface area (Å²) in [6.45, 7) is 3.60. The van der Waals surface area contributed by atoms with E-state index in [0.29, 0.717) is 6.42 Å². The lowest BCUT2D eigenvalue weighted by atomic mass is 10.3. The Bertz CT molecular complexity index is 177. The number of carbonyl (C=O) groups excluding carboxylic acids is 1. The molecule has 1 heterocycles. The molecule has 1 rings (SSSR count). The summed E-state index contributed by atoms with van der Waals surface area (Å²) >= 11 is 0. The summed E-state index contributed by atoms with van der Waals surface area (Å²) in [7, 11) is 3.94. The van der Waals surface area contributed by atoms with Gasteiger partial charge in [0, 0.05) is 12.6 Å². The Hall–Kier alpha value is -0.830. The van der Waals surface area contributed by atoms with E-state index in [1.54, 1.807) is 11.1 Å². The fourth-order valence-corrected chi connectivity index (χ4v) is 1.42. The number of hydrogen-bond donors (Lipinski definition) is 0. The van der Waals surface area contributed by atoms with E-state index >= 15 is 0 Å². The van der Waals surface area contributed by atoms with Crippen molar-refractivity contribution in [2.24, 2.45) is 0 Å². The largest absolute Gasteiger partial charge is 0.303 e. The molecule has 1 aliphatic rings. The van der Waals surface area contributed by atoms with Crippen LogP contribution in [0.2, 0.25) is 0 Å². The highest BCUT2D eigenvalue weighted by atomic mass is 16.2. The van der Waals surface area contributed by atoms with Gasteiger partial charge in [0.15, 0.2) is 0 Å². The van der Waals surface area contributed by atoms with Crippen LogP contribution in [-0.2, 0) is 4.79 Å². The van der Waals surface area contributed by atoms with Crippen LogP contribution < -0.4 is 0 Å². The number of nitrogens with zero attached hydrogens (tertiary/aromatic N) is 2. The van der Waals surface area contributed by atoms with E-state index in [9.17, 15) is 4.79 Å². The van der Waals surface area contributed by atoms with E-state index in [1.165, 1.54) is 0 Å². The maximum atomic E-state index is 11.1. The summed E-state index contributed by atoms with van der Waals surface area (Å²) in [6, 6.07) is 0. The van der Waals surface area contributed by atoms with Gasteiger partial charge in [-0.3, -0.25) is 9.69 Å². The zero-order valence-corrected chi connectivity index (χ0v) is 7.08. The summed E-state index contributed by atoms with van der Waals surface area (Å²) in [5, 5.41) is 0. The Kier molecular flexibility index (Phi) is 2.29. The molecule has 0 aliphatic carbocycles. The highest BCUT2D eigenvalue weighted by Gasteiger charge is 2.29. The third-order valence-electron chi connectivity index (χ3n) is 2.02. The number of hydrogen-bond acceptors (Lipinski definition) is 2. The van der Waals surface area contributed by atoms with E-state index in [4.69, 9.17) is 0 Å². The molecular weight excluding hydrogens is 140 g/mol. The first kappa shape index (κ1) is 8.27. The molecule has 1 aliphatic heterocycles. The molecule has 0 spiro atoms. The summed E-state index contributed by atoms with van der Waals surface area (Å²) < 4.78 is 0. The van der Waals surface area contributed by atoms with E-state index in [1.807, 2.05) is 19.0 Å². The van der Waals surface area contributed by atoms with Crippen LogP contribution in [-0.4, -0.2) is 36.0 Å². The zero-order valence-electron chi connectivity index (χ0n) is 7.08. The van der Waals surface area contributed by atoms with Crippen LogP contribution in [0.4, 0.5) is 0 Å². The molecule has 62 valence electrons. The Balaban J connectivity index is 2.68. The third-order valence-corrected chi connectivity index (χ3v) is 2.02. The van der Waals surface area contributed by atoms with E-state index in [0.717, 1.165) is 6.42 Å². The predicted octanol–water partition coefficient (Wildman–Crippen LogP) is 0.640. The predicted molar refractivity (Wildman–Crippen MR) is 43.8 cm³/mol. The minimum Gasteiger partial charge on any atom is -0.303 e. The Morgan fingerprint density at radius 3 is 2.73 bits per heavy atom. The minimum atomic E-state index is 0.179. The van der Waals surface area contributed by atoms with Gasteiger partial charge in [-0.2, -0.15) is 0 Å². The smallest absolute Gasteiger partial charge is 0.227 e. The van der Waals surface area contributed by atoms with E-state index < -0.39 is 0 Å². The Morgan fingerprint density at radius 2 is 2.36 bits per heavy atom. The maximum absolute atomic E-state index is 11.1. The van der Waals surface area contributed by atoms with Gasteiger partial charge in [-0.25, -0.2) is 0 Å². The van der Waals surface area contributed by atoms with Gasteiger partial charge in [0.1, 0.15) is 0 Å². The first-order chi connectivity index (χ1) is 5.16. The van der Waals surface area contributed by atoms with Gasteiger partial charge in [0.05, 0.1) is 6.17 Å². The van der Waals surface area contributed by atoms with Crippen LogP contribution in [0.15, 0.2) is 12.8 Å². The van der Waals surface area contributed by atoms with Gasteiger partial charge < -0.3 is 4.90 Å². The topological polar surface area (TPSA) is 23.6 Å². The van der Waals surface area contributed by atoms with Gasteiger partial charge in [0.25, 0.3) is 0 Å². The van der Waals surface area contributed by atoms with E-state index in [-0.39, 0.29) is 12.1 Å². The van der Waals surface area contributed by atoms with Crippen LogP contribution in [0.3, 0.4) is 0 Å². The van der Waals surface area contributed by atoms with Crippen molar-refractivity contribution in [2.75, 3.05) is 14.1 Å². The van der Waals surface area contributed by atoms with Crippen LogP contribution in [0.1, 0.15) is 12.8 Å². The molecule has 0 aromatic carbocycles. The summed E-state index contributed by atoms with van der Waals surface area (Å²) in [5.74, 6) is 0.179. The van der Waals surface area contributed by atoms with Crippen LogP contribution in [0, 0.1) is 0 Å². The van der Waals surface area contributed by atoms with Crippen molar-refractivity contribution in [3.63, 3.8) is 0 Å². The molecule has 0 N–H and O–H groups in total. The van der Waals surface area contributed by atoms with Crippen molar-refractivity contribution < 1.29 is 4.79 Å². The van der Waals surface area contributed by atoms with E-state index in [2.05, 4.69) is 6.58 Å². The monoisotopic (exact) mass is 154 g/mol. The van der Waals surface area contributed by atoms with Gasteiger partial charge >= 0.3 is 0 Å². The van der Waals surface area contributed by atoms with Crippen molar-refractivity contribution in [1.82, 2.24) is 9.80 Å². The van der Waals surface area contributed by atoms with Crippen molar-refractivity contribution in [1.29, 1.82) is 0 Å². The average Bonchev–Trinajstić information content (AvgIpc) is 2.30. The molecule has 0 radical (unpaired) electrons. The van der Waals surface area contributed by atoms with Crippen LogP contribution in [0.25, 0.3) is 0 Å². The molecule has 1 saturated heterocycles. The van der Waals surface area contributed by atoms with Crippen LogP contribution in [0.5, 0.6) is 0 Å². The molecule has 0 saturated carbocycles. The highest BCUT2D eigenvalue weighted by molar-refractivity contribution is 5.79. The molecule has 3 heteroatoms. The lowest BCUT2D eigenvalue weighted by Gasteiger charge is -2.26. The van der Waals surface area contributed by atoms with Crippen molar-refractivity contribution >= 4 is 5.91 Å². The third kappa shape index (κ3) is 1.43. The average molecular weight is 154 g/mol. The first-order valence-electron chi connectivity index (χ1n) is 3.77. The summed E-state index contributed by atoms with van der Waals surface area (Å²) in [4.78, 5) is 14.9. The molecular formula is C8H14N2O.